The quantitative estimate of drug-likeness (QED) is 0.820. The number of thiocarbonyl (C=S) groups is 1. The van der Waals surface area contributed by atoms with Crippen LogP contribution < -0.4 is 16.0 Å². The lowest BCUT2D eigenvalue weighted by Gasteiger charge is -2.29. The molecular weight excluding hydrogens is 291 g/mol. The number of nitrogens with one attached hydrogen (secondary N) is 1. The van der Waals surface area contributed by atoms with Gasteiger partial charge in [0, 0.05) is 18.8 Å². The molecule has 0 unspecified atom stereocenters. The number of hydrogen-bond donors (Lipinski definition) is 2. The van der Waals surface area contributed by atoms with Crippen molar-refractivity contribution in [2.24, 2.45) is 5.73 Å². The van der Waals surface area contributed by atoms with Gasteiger partial charge in [0.1, 0.15) is 0 Å². The smallest absolute Gasteiger partial charge is 0.378 e. The predicted molar refractivity (Wildman–Crippen MR) is 74.9 cm³/mol. The lowest BCUT2D eigenvalue weighted by atomic mass is 10.1. The Labute approximate surface area is 119 Å². The summed E-state index contributed by atoms with van der Waals surface area (Å²) >= 11 is 4.59. The normalized spacial score (nSPS) is 16.1. The van der Waals surface area contributed by atoms with Crippen molar-refractivity contribution in [3.63, 3.8) is 0 Å². The summed E-state index contributed by atoms with van der Waals surface area (Å²) in [6.07, 6.45) is -4.48. The van der Waals surface area contributed by atoms with E-state index in [1.807, 2.05) is 4.90 Å². The van der Waals surface area contributed by atoms with E-state index in [2.05, 4.69) is 17.5 Å². The Kier molecular flexibility index (Phi) is 4.34. The predicted octanol–water partition coefficient (Wildman–Crippen LogP) is 2.20. The molecule has 1 aliphatic rings. The SMILES string of the molecule is NC(=S)Nc1ccc(N2CCOCC2)cc1C(F)(F)F. The summed E-state index contributed by atoms with van der Waals surface area (Å²) in [5.74, 6) is 0. The number of nitrogens with two attached hydrogens (primary N) is 1. The molecule has 1 heterocycles. The number of halogens is 3. The number of hydrogen-bond acceptors (Lipinski definition) is 3. The Balaban J connectivity index is 2.34. The topological polar surface area (TPSA) is 50.5 Å². The average Bonchev–Trinajstić information content (AvgIpc) is 2.38. The van der Waals surface area contributed by atoms with Crippen LogP contribution in [0, 0.1) is 0 Å². The van der Waals surface area contributed by atoms with Crippen molar-refractivity contribution in [1.82, 2.24) is 0 Å². The van der Waals surface area contributed by atoms with Gasteiger partial charge in [-0.1, -0.05) is 0 Å². The number of anilines is 2. The summed E-state index contributed by atoms with van der Waals surface area (Å²) in [6.45, 7) is 2.15. The lowest BCUT2D eigenvalue weighted by molar-refractivity contribution is -0.136. The second-order valence-corrected chi connectivity index (χ2v) is 4.76. The zero-order valence-electron chi connectivity index (χ0n) is 10.5. The highest BCUT2D eigenvalue weighted by molar-refractivity contribution is 7.80. The molecule has 1 aliphatic heterocycles. The van der Waals surface area contributed by atoms with Crippen LogP contribution >= 0.6 is 12.2 Å². The molecule has 1 aromatic rings. The van der Waals surface area contributed by atoms with Crippen molar-refractivity contribution in [2.75, 3.05) is 36.5 Å². The number of ether oxygens (including phenoxy) is 1. The largest absolute Gasteiger partial charge is 0.418 e. The maximum Gasteiger partial charge on any atom is 0.418 e. The van der Waals surface area contributed by atoms with Crippen LogP contribution in [-0.2, 0) is 10.9 Å². The molecule has 0 radical (unpaired) electrons. The molecule has 0 bridgehead atoms. The summed E-state index contributed by atoms with van der Waals surface area (Å²) < 4.78 is 44.4. The molecular formula is C12H14F3N3OS. The highest BCUT2D eigenvalue weighted by Gasteiger charge is 2.34. The molecule has 1 aromatic carbocycles. The highest BCUT2D eigenvalue weighted by atomic mass is 32.1. The maximum absolute atomic E-state index is 13.1. The fraction of sp³-hybridized carbons (Fsp3) is 0.417. The van der Waals surface area contributed by atoms with Gasteiger partial charge in [-0.15, -0.1) is 0 Å². The van der Waals surface area contributed by atoms with Gasteiger partial charge in [-0.3, -0.25) is 0 Å². The van der Waals surface area contributed by atoms with Crippen LogP contribution in [0.1, 0.15) is 5.56 Å². The van der Waals surface area contributed by atoms with Gasteiger partial charge in [-0.25, -0.2) is 0 Å². The van der Waals surface area contributed by atoms with Crippen LogP contribution in [0.5, 0.6) is 0 Å². The second-order valence-electron chi connectivity index (χ2n) is 4.32. The summed E-state index contributed by atoms with van der Waals surface area (Å²) in [5, 5.41) is 2.16. The van der Waals surface area contributed by atoms with E-state index < -0.39 is 11.7 Å². The molecule has 3 N–H and O–H groups in total. The number of morpholine rings is 1. The van der Waals surface area contributed by atoms with Crippen LogP contribution in [-0.4, -0.2) is 31.4 Å². The monoisotopic (exact) mass is 305 g/mol. The van der Waals surface area contributed by atoms with Gasteiger partial charge in [0.25, 0.3) is 0 Å². The molecule has 4 nitrogen and oxygen atoms in total. The third kappa shape index (κ3) is 3.51. The molecule has 1 fully saturated rings. The van der Waals surface area contributed by atoms with Crippen molar-refractivity contribution < 1.29 is 17.9 Å². The zero-order valence-corrected chi connectivity index (χ0v) is 11.4. The van der Waals surface area contributed by atoms with Crippen LogP contribution in [0.2, 0.25) is 0 Å². The van der Waals surface area contributed by atoms with E-state index in [0.717, 1.165) is 6.07 Å². The molecule has 0 aromatic heterocycles. The summed E-state index contributed by atoms with van der Waals surface area (Å²) in [7, 11) is 0. The van der Waals surface area contributed by atoms with E-state index in [1.54, 1.807) is 6.07 Å². The molecule has 0 atom stereocenters. The van der Waals surface area contributed by atoms with Gasteiger partial charge in [-0.05, 0) is 30.4 Å². The van der Waals surface area contributed by atoms with E-state index in [4.69, 9.17) is 10.5 Å². The first kappa shape index (κ1) is 14.9. The maximum atomic E-state index is 13.1. The zero-order chi connectivity index (χ0) is 14.8. The molecule has 110 valence electrons. The van der Waals surface area contributed by atoms with Gasteiger partial charge in [0.2, 0.25) is 0 Å². The minimum absolute atomic E-state index is 0.137. The fourth-order valence-electron chi connectivity index (χ4n) is 2.03. The standard InChI is InChI=1S/C12H14F3N3OS/c13-12(14,15)9-7-8(18-3-5-19-6-4-18)1-2-10(9)17-11(16)20/h1-2,7H,3-6H2,(H3,16,17,20). The Hall–Kier alpha value is -1.54. The van der Waals surface area contributed by atoms with Crippen LogP contribution in [0.15, 0.2) is 18.2 Å². The summed E-state index contributed by atoms with van der Waals surface area (Å²) in [4.78, 5) is 1.85. The third-order valence-electron chi connectivity index (χ3n) is 2.94. The van der Waals surface area contributed by atoms with E-state index >= 15 is 0 Å². The molecule has 0 spiro atoms. The van der Waals surface area contributed by atoms with Crippen molar-refractivity contribution in [3.8, 4) is 0 Å². The number of nitrogens with zero attached hydrogens (tertiary/aromatic N) is 1. The summed E-state index contributed by atoms with van der Waals surface area (Å²) in [5.41, 5.74) is 4.83. The van der Waals surface area contributed by atoms with Crippen molar-refractivity contribution in [3.05, 3.63) is 23.8 Å². The van der Waals surface area contributed by atoms with E-state index in [9.17, 15) is 13.2 Å². The molecule has 0 aliphatic carbocycles. The minimum Gasteiger partial charge on any atom is -0.378 e. The van der Waals surface area contributed by atoms with Crippen LogP contribution in [0.3, 0.4) is 0 Å². The first-order valence-corrected chi connectivity index (χ1v) is 6.39. The van der Waals surface area contributed by atoms with Crippen LogP contribution in [0.4, 0.5) is 24.5 Å². The van der Waals surface area contributed by atoms with E-state index in [0.29, 0.717) is 32.0 Å². The number of alkyl halides is 3. The minimum atomic E-state index is -4.48. The van der Waals surface area contributed by atoms with Gasteiger partial charge in [-0.2, -0.15) is 13.2 Å². The Bertz CT molecular complexity index is 501. The number of rotatable bonds is 2. The molecule has 1 saturated heterocycles. The third-order valence-corrected chi connectivity index (χ3v) is 3.04. The van der Waals surface area contributed by atoms with E-state index in [-0.39, 0.29) is 10.8 Å². The van der Waals surface area contributed by atoms with Gasteiger partial charge >= 0.3 is 6.18 Å². The van der Waals surface area contributed by atoms with Crippen molar-refractivity contribution >= 4 is 28.7 Å². The first-order chi connectivity index (χ1) is 9.38. The van der Waals surface area contributed by atoms with Gasteiger partial charge in [0.15, 0.2) is 5.11 Å². The average molecular weight is 305 g/mol. The van der Waals surface area contributed by atoms with Gasteiger partial charge in [0.05, 0.1) is 24.5 Å². The molecule has 2 rings (SSSR count). The van der Waals surface area contributed by atoms with E-state index in [1.165, 1.54) is 6.07 Å². The molecule has 20 heavy (non-hydrogen) atoms. The second kappa shape index (κ2) is 5.84. The van der Waals surface area contributed by atoms with Gasteiger partial charge < -0.3 is 20.7 Å². The van der Waals surface area contributed by atoms with Crippen LogP contribution in [0.25, 0.3) is 0 Å². The number of benzene rings is 1. The molecule has 8 heteroatoms. The Morgan fingerprint density at radius 3 is 2.50 bits per heavy atom. The fourth-order valence-corrected chi connectivity index (χ4v) is 2.14. The van der Waals surface area contributed by atoms with Crippen molar-refractivity contribution in [2.45, 2.75) is 6.18 Å². The summed E-state index contributed by atoms with van der Waals surface area (Å²) in [6, 6.07) is 4.06. The Morgan fingerprint density at radius 1 is 1.30 bits per heavy atom. The lowest BCUT2D eigenvalue weighted by Crippen LogP contribution is -2.36. The van der Waals surface area contributed by atoms with Crippen molar-refractivity contribution in [1.29, 1.82) is 0 Å². The first-order valence-electron chi connectivity index (χ1n) is 5.98. The molecule has 0 saturated carbocycles. The molecule has 0 amide bonds. The Morgan fingerprint density at radius 2 is 1.95 bits per heavy atom. The highest BCUT2D eigenvalue weighted by Crippen LogP contribution is 2.37.